The van der Waals surface area contributed by atoms with Gasteiger partial charge in [-0.25, -0.2) is 9.37 Å². The average Bonchev–Trinajstić information content (AvgIpc) is 2.80. The molecule has 0 spiro atoms. The zero-order valence-electron chi connectivity index (χ0n) is 16.9. The van der Waals surface area contributed by atoms with Gasteiger partial charge in [0.25, 0.3) is 0 Å². The van der Waals surface area contributed by atoms with E-state index in [0.717, 1.165) is 0 Å². The van der Waals surface area contributed by atoms with Crippen LogP contribution in [0.4, 0.5) is 10.2 Å². The first-order chi connectivity index (χ1) is 15.5. The predicted molar refractivity (Wildman–Crippen MR) is 123 cm³/mol. The lowest BCUT2D eigenvalue weighted by atomic mass is 10.2. The molecular weight excluding hydrogens is 454 g/mol. The lowest BCUT2D eigenvalue weighted by molar-refractivity contribution is -0.126. The number of carbonyl (C=O) groups is 1. The summed E-state index contributed by atoms with van der Waals surface area (Å²) in [4.78, 5) is 24.5. The predicted octanol–water partition coefficient (Wildman–Crippen LogP) is 5.08. The minimum absolute atomic E-state index is 0.0899. The second-order valence-corrected chi connectivity index (χ2v) is 7.93. The van der Waals surface area contributed by atoms with E-state index in [1.807, 2.05) is 4.90 Å². The molecule has 0 unspecified atom stereocenters. The van der Waals surface area contributed by atoms with Crippen LogP contribution in [0, 0.1) is 5.82 Å². The van der Waals surface area contributed by atoms with Crippen LogP contribution in [-0.2, 0) is 4.79 Å². The van der Waals surface area contributed by atoms with E-state index in [1.54, 1.807) is 47.6 Å². The van der Waals surface area contributed by atoms with E-state index in [9.17, 15) is 9.18 Å². The SMILES string of the molecule is O=C(/C=C/c1ccc(Oc2cccnc2)c(F)c1)N1CCN(c2ncc(Cl)cc2Cl)CC1. The molecule has 3 heterocycles. The number of piperazine rings is 1. The van der Waals surface area contributed by atoms with Crippen molar-refractivity contribution in [2.24, 2.45) is 0 Å². The van der Waals surface area contributed by atoms with E-state index in [-0.39, 0.29) is 11.7 Å². The number of carbonyl (C=O) groups excluding carboxylic acids is 1. The van der Waals surface area contributed by atoms with Crippen molar-refractivity contribution in [1.29, 1.82) is 0 Å². The van der Waals surface area contributed by atoms with Crippen molar-refractivity contribution in [3.05, 3.63) is 82.5 Å². The summed E-state index contributed by atoms with van der Waals surface area (Å²) in [6.07, 6.45) is 7.69. The van der Waals surface area contributed by atoms with Crippen LogP contribution in [0.5, 0.6) is 11.5 Å². The Morgan fingerprint density at radius 2 is 1.91 bits per heavy atom. The van der Waals surface area contributed by atoms with Crippen molar-refractivity contribution in [1.82, 2.24) is 14.9 Å². The minimum Gasteiger partial charge on any atom is -0.453 e. The van der Waals surface area contributed by atoms with Crippen LogP contribution in [-0.4, -0.2) is 47.0 Å². The van der Waals surface area contributed by atoms with Crippen LogP contribution in [0.2, 0.25) is 10.0 Å². The zero-order valence-corrected chi connectivity index (χ0v) is 18.4. The summed E-state index contributed by atoms with van der Waals surface area (Å²) < 4.78 is 19.9. The van der Waals surface area contributed by atoms with Crippen LogP contribution in [0.3, 0.4) is 0 Å². The third-order valence-corrected chi connectivity index (χ3v) is 5.40. The number of nitrogens with zero attached hydrogens (tertiary/aromatic N) is 4. The van der Waals surface area contributed by atoms with Gasteiger partial charge in [0.15, 0.2) is 11.6 Å². The Balaban J connectivity index is 1.34. The molecule has 0 atom stereocenters. The summed E-state index contributed by atoms with van der Waals surface area (Å²) in [5.74, 6) is 0.522. The Kier molecular flexibility index (Phi) is 6.87. The van der Waals surface area contributed by atoms with Crippen molar-refractivity contribution >= 4 is 41.0 Å². The van der Waals surface area contributed by atoms with Crippen LogP contribution >= 0.6 is 23.2 Å². The molecule has 0 radical (unpaired) electrons. The van der Waals surface area contributed by atoms with Gasteiger partial charge >= 0.3 is 0 Å². The van der Waals surface area contributed by atoms with Gasteiger partial charge in [-0.05, 0) is 42.0 Å². The van der Waals surface area contributed by atoms with Crippen molar-refractivity contribution in [2.75, 3.05) is 31.1 Å². The maximum Gasteiger partial charge on any atom is 0.246 e. The Labute approximate surface area is 194 Å². The van der Waals surface area contributed by atoms with Gasteiger partial charge in [0, 0.05) is 44.6 Å². The van der Waals surface area contributed by atoms with Gasteiger partial charge in [0.1, 0.15) is 11.6 Å². The quantitative estimate of drug-likeness (QED) is 0.484. The summed E-state index contributed by atoms with van der Waals surface area (Å²) in [7, 11) is 0. The molecule has 1 aliphatic rings. The number of halogens is 3. The van der Waals surface area contributed by atoms with Crippen molar-refractivity contribution in [2.45, 2.75) is 0 Å². The molecule has 0 saturated carbocycles. The molecule has 1 saturated heterocycles. The number of hydrogen-bond acceptors (Lipinski definition) is 5. The highest BCUT2D eigenvalue weighted by atomic mass is 35.5. The number of amides is 1. The molecule has 6 nitrogen and oxygen atoms in total. The molecule has 9 heteroatoms. The molecule has 1 aliphatic heterocycles. The van der Waals surface area contributed by atoms with E-state index in [4.69, 9.17) is 27.9 Å². The first-order valence-electron chi connectivity index (χ1n) is 9.90. The fourth-order valence-electron chi connectivity index (χ4n) is 3.29. The van der Waals surface area contributed by atoms with Crippen molar-refractivity contribution in [3.8, 4) is 11.5 Å². The number of anilines is 1. The topological polar surface area (TPSA) is 58.6 Å². The number of hydrogen-bond donors (Lipinski definition) is 0. The molecule has 0 bridgehead atoms. The third kappa shape index (κ3) is 5.36. The lowest BCUT2D eigenvalue weighted by Gasteiger charge is -2.35. The summed E-state index contributed by atoms with van der Waals surface area (Å²) in [5.41, 5.74) is 0.560. The maximum absolute atomic E-state index is 14.4. The fraction of sp³-hybridized carbons (Fsp3) is 0.174. The molecular formula is C23H19Cl2FN4O2. The summed E-state index contributed by atoms with van der Waals surface area (Å²) in [6, 6.07) is 9.57. The molecule has 32 heavy (non-hydrogen) atoms. The highest BCUT2D eigenvalue weighted by Crippen LogP contribution is 2.27. The molecule has 1 fully saturated rings. The summed E-state index contributed by atoms with van der Waals surface area (Å²) >= 11 is 12.1. The number of ether oxygens (including phenoxy) is 1. The standard InChI is InChI=1S/C23H19Cl2FN4O2/c24-17-13-19(25)23(28-14-17)30-10-8-29(9-11-30)22(31)6-4-16-3-5-21(20(26)12-16)32-18-2-1-7-27-15-18/h1-7,12-15H,8-11H2/b6-4+. The summed E-state index contributed by atoms with van der Waals surface area (Å²) in [6.45, 7) is 2.25. The Morgan fingerprint density at radius 3 is 2.59 bits per heavy atom. The van der Waals surface area contributed by atoms with Crippen LogP contribution in [0.15, 0.2) is 61.1 Å². The average molecular weight is 473 g/mol. The van der Waals surface area contributed by atoms with Crippen LogP contribution in [0.1, 0.15) is 5.56 Å². The van der Waals surface area contributed by atoms with Crippen molar-refractivity contribution in [3.63, 3.8) is 0 Å². The van der Waals surface area contributed by atoms with Gasteiger partial charge in [-0.2, -0.15) is 0 Å². The van der Waals surface area contributed by atoms with Gasteiger partial charge in [0.05, 0.1) is 16.2 Å². The Bertz CT molecular complexity index is 1140. The molecule has 1 aromatic carbocycles. The number of aromatic nitrogens is 2. The van der Waals surface area contributed by atoms with Gasteiger partial charge in [0.2, 0.25) is 5.91 Å². The number of benzene rings is 1. The van der Waals surface area contributed by atoms with Crippen LogP contribution < -0.4 is 9.64 Å². The van der Waals surface area contributed by atoms with E-state index in [2.05, 4.69) is 9.97 Å². The smallest absolute Gasteiger partial charge is 0.246 e. The van der Waals surface area contributed by atoms with E-state index < -0.39 is 5.82 Å². The van der Waals surface area contributed by atoms with Gasteiger partial charge < -0.3 is 14.5 Å². The number of pyridine rings is 2. The van der Waals surface area contributed by atoms with Crippen molar-refractivity contribution < 1.29 is 13.9 Å². The maximum atomic E-state index is 14.4. The van der Waals surface area contributed by atoms with E-state index >= 15 is 0 Å². The molecule has 1 amide bonds. The highest BCUT2D eigenvalue weighted by molar-refractivity contribution is 6.36. The molecule has 0 N–H and O–H groups in total. The largest absolute Gasteiger partial charge is 0.453 e. The van der Waals surface area contributed by atoms with Gasteiger partial charge in [-0.15, -0.1) is 0 Å². The molecule has 164 valence electrons. The first kappa shape index (κ1) is 22.0. The highest BCUT2D eigenvalue weighted by Gasteiger charge is 2.22. The zero-order chi connectivity index (χ0) is 22.5. The van der Waals surface area contributed by atoms with E-state index in [0.29, 0.717) is 53.4 Å². The first-order valence-corrected chi connectivity index (χ1v) is 10.7. The summed E-state index contributed by atoms with van der Waals surface area (Å²) in [5, 5.41) is 0.959. The van der Waals surface area contributed by atoms with E-state index in [1.165, 1.54) is 24.4 Å². The molecule has 3 aromatic rings. The lowest BCUT2D eigenvalue weighted by Crippen LogP contribution is -2.48. The minimum atomic E-state index is -0.524. The Morgan fingerprint density at radius 1 is 1.09 bits per heavy atom. The van der Waals surface area contributed by atoms with Gasteiger partial charge in [-0.3, -0.25) is 9.78 Å². The van der Waals surface area contributed by atoms with Crippen LogP contribution in [0.25, 0.3) is 6.08 Å². The number of rotatable bonds is 5. The monoisotopic (exact) mass is 472 g/mol. The molecule has 2 aromatic heterocycles. The fourth-order valence-corrected chi connectivity index (χ4v) is 3.79. The normalized spacial score (nSPS) is 14.1. The van der Waals surface area contributed by atoms with Gasteiger partial charge in [-0.1, -0.05) is 29.3 Å². The molecule has 4 rings (SSSR count). The third-order valence-electron chi connectivity index (χ3n) is 4.92. The second-order valence-electron chi connectivity index (χ2n) is 7.09. The second kappa shape index (κ2) is 9.97. The molecule has 0 aliphatic carbocycles. The Hall–Kier alpha value is -3.16.